The molecule has 1 aromatic heterocycles. The summed E-state index contributed by atoms with van der Waals surface area (Å²) in [6, 6.07) is 0.903. The number of rotatable bonds is 4. The van der Waals surface area contributed by atoms with E-state index in [-0.39, 0.29) is 23.7 Å². The van der Waals surface area contributed by atoms with Gasteiger partial charge in [-0.25, -0.2) is 18.6 Å². The number of methoxy groups -OCH3 is 1. The highest BCUT2D eigenvalue weighted by Gasteiger charge is 2.21. The first-order valence-corrected chi connectivity index (χ1v) is 4.80. The first-order valence-electron chi connectivity index (χ1n) is 4.80. The predicted octanol–water partition coefficient (Wildman–Crippen LogP) is 1.79. The molecule has 94 valence electrons. The summed E-state index contributed by atoms with van der Waals surface area (Å²) in [5.74, 6) is -1.00. The van der Waals surface area contributed by atoms with Crippen molar-refractivity contribution in [1.29, 1.82) is 0 Å². The van der Waals surface area contributed by atoms with Crippen LogP contribution in [-0.2, 0) is 4.74 Å². The zero-order valence-electron chi connectivity index (χ0n) is 9.37. The number of halogens is 2. The molecule has 7 heteroatoms. The van der Waals surface area contributed by atoms with E-state index < -0.39 is 18.1 Å². The van der Waals surface area contributed by atoms with E-state index in [2.05, 4.69) is 4.98 Å². The second-order valence-corrected chi connectivity index (χ2v) is 3.04. The van der Waals surface area contributed by atoms with Gasteiger partial charge in [-0.05, 0) is 13.0 Å². The maximum absolute atomic E-state index is 12.5. The van der Waals surface area contributed by atoms with Crippen LogP contribution in [0.2, 0.25) is 0 Å². The van der Waals surface area contributed by atoms with Gasteiger partial charge in [0, 0.05) is 0 Å². The normalized spacial score (nSPS) is 10.4. The third kappa shape index (κ3) is 2.80. The number of carbonyl (C=O) groups excluding carboxylic acids is 1. The number of alkyl halides is 2. The summed E-state index contributed by atoms with van der Waals surface area (Å²) in [5.41, 5.74) is 4.69. The van der Waals surface area contributed by atoms with Crippen LogP contribution in [0.3, 0.4) is 0 Å². The molecule has 5 nitrogen and oxygen atoms in total. The zero-order chi connectivity index (χ0) is 13.0. The van der Waals surface area contributed by atoms with Gasteiger partial charge in [0.25, 0.3) is 6.43 Å². The van der Waals surface area contributed by atoms with Gasteiger partial charge in [-0.3, -0.25) is 0 Å². The maximum atomic E-state index is 12.5. The van der Waals surface area contributed by atoms with E-state index >= 15 is 0 Å². The summed E-state index contributed by atoms with van der Waals surface area (Å²) in [5, 5.41) is 0. The molecule has 1 rings (SSSR count). The van der Waals surface area contributed by atoms with Gasteiger partial charge >= 0.3 is 5.97 Å². The number of esters is 1. The first-order chi connectivity index (χ1) is 8.01. The van der Waals surface area contributed by atoms with E-state index in [1.54, 1.807) is 6.92 Å². The minimum Gasteiger partial charge on any atom is -0.480 e. The molecular formula is C10H12F2N2O3. The molecule has 1 aromatic rings. The van der Waals surface area contributed by atoms with Gasteiger partial charge in [0.2, 0.25) is 5.88 Å². The molecule has 0 aromatic carbocycles. The Labute approximate surface area is 96.5 Å². The molecular weight excluding hydrogens is 234 g/mol. The van der Waals surface area contributed by atoms with Crippen molar-refractivity contribution in [3.63, 3.8) is 0 Å². The fourth-order valence-corrected chi connectivity index (χ4v) is 1.20. The van der Waals surface area contributed by atoms with E-state index in [1.165, 1.54) is 7.11 Å². The number of carbonyl (C=O) groups is 1. The van der Waals surface area contributed by atoms with Crippen molar-refractivity contribution in [3.05, 3.63) is 17.3 Å². The number of nitrogens with zero attached hydrogens (tertiary/aromatic N) is 1. The quantitative estimate of drug-likeness (QED) is 0.820. The lowest BCUT2D eigenvalue weighted by Crippen LogP contribution is -2.11. The number of nitrogen functional groups attached to an aromatic ring is 1. The van der Waals surface area contributed by atoms with Crippen molar-refractivity contribution in [1.82, 2.24) is 4.98 Å². The molecule has 2 N–H and O–H groups in total. The molecule has 0 aliphatic carbocycles. The summed E-state index contributed by atoms with van der Waals surface area (Å²) in [7, 11) is 1.23. The monoisotopic (exact) mass is 246 g/mol. The highest BCUT2D eigenvalue weighted by molar-refractivity contribution is 5.96. The van der Waals surface area contributed by atoms with E-state index in [9.17, 15) is 13.6 Å². The summed E-state index contributed by atoms with van der Waals surface area (Å²) < 4.78 is 34.5. The Balaban J connectivity index is 3.27. The lowest BCUT2D eigenvalue weighted by atomic mass is 10.2. The van der Waals surface area contributed by atoms with Gasteiger partial charge in [-0.1, -0.05) is 0 Å². The molecule has 1 heterocycles. The predicted molar refractivity (Wildman–Crippen MR) is 56.1 cm³/mol. The molecule has 0 saturated heterocycles. The van der Waals surface area contributed by atoms with Gasteiger partial charge in [-0.2, -0.15) is 0 Å². The highest BCUT2D eigenvalue weighted by Crippen LogP contribution is 2.28. The Bertz CT molecular complexity index is 424. The number of anilines is 1. The summed E-state index contributed by atoms with van der Waals surface area (Å²) in [4.78, 5) is 15.0. The van der Waals surface area contributed by atoms with Crippen LogP contribution in [0.5, 0.6) is 5.88 Å². The number of hydrogen-bond acceptors (Lipinski definition) is 5. The molecule has 0 radical (unpaired) electrons. The number of pyridine rings is 1. The van der Waals surface area contributed by atoms with Crippen LogP contribution in [0, 0.1) is 0 Å². The van der Waals surface area contributed by atoms with E-state index in [1.807, 2.05) is 0 Å². The van der Waals surface area contributed by atoms with Crippen LogP contribution < -0.4 is 10.5 Å². The third-order valence-corrected chi connectivity index (χ3v) is 1.96. The summed E-state index contributed by atoms with van der Waals surface area (Å²) in [6.07, 6.45) is -2.82. The minimum atomic E-state index is -2.82. The summed E-state index contributed by atoms with van der Waals surface area (Å²) in [6.45, 7) is 1.72. The maximum Gasteiger partial charge on any atom is 0.340 e. The number of nitrogens with two attached hydrogens (primary N) is 1. The Morgan fingerprint density at radius 3 is 2.71 bits per heavy atom. The second kappa shape index (κ2) is 5.42. The van der Waals surface area contributed by atoms with Crippen molar-refractivity contribution in [2.24, 2.45) is 0 Å². The van der Waals surface area contributed by atoms with Gasteiger partial charge in [-0.15, -0.1) is 0 Å². The van der Waals surface area contributed by atoms with Crippen molar-refractivity contribution in [2.45, 2.75) is 13.3 Å². The number of ether oxygens (including phenoxy) is 2. The highest BCUT2D eigenvalue weighted by atomic mass is 19.3. The van der Waals surface area contributed by atoms with Gasteiger partial charge < -0.3 is 15.2 Å². The van der Waals surface area contributed by atoms with E-state index in [0.29, 0.717) is 0 Å². The number of aromatic nitrogens is 1. The Hall–Kier alpha value is -1.92. The molecule has 0 spiro atoms. The fraction of sp³-hybridized carbons (Fsp3) is 0.400. The van der Waals surface area contributed by atoms with Crippen molar-refractivity contribution >= 4 is 11.7 Å². The van der Waals surface area contributed by atoms with Gasteiger partial charge in [0.1, 0.15) is 11.4 Å². The Morgan fingerprint density at radius 2 is 2.24 bits per heavy atom. The smallest absolute Gasteiger partial charge is 0.340 e. The minimum absolute atomic E-state index is 0.115. The Morgan fingerprint density at radius 1 is 1.59 bits per heavy atom. The molecule has 17 heavy (non-hydrogen) atoms. The lowest BCUT2D eigenvalue weighted by Gasteiger charge is -2.10. The topological polar surface area (TPSA) is 74.4 Å². The molecule has 0 unspecified atom stereocenters. The molecule has 0 amide bonds. The molecule has 0 bridgehead atoms. The molecule has 0 atom stereocenters. The van der Waals surface area contributed by atoms with Crippen molar-refractivity contribution in [2.75, 3.05) is 19.5 Å². The van der Waals surface area contributed by atoms with Crippen LogP contribution in [0.1, 0.15) is 29.4 Å². The third-order valence-electron chi connectivity index (χ3n) is 1.96. The largest absolute Gasteiger partial charge is 0.480 e. The van der Waals surface area contributed by atoms with E-state index in [4.69, 9.17) is 15.2 Å². The van der Waals surface area contributed by atoms with Crippen LogP contribution in [0.25, 0.3) is 0 Å². The average Bonchev–Trinajstić information content (AvgIpc) is 2.29. The number of hydrogen-bond donors (Lipinski definition) is 1. The summed E-state index contributed by atoms with van der Waals surface area (Å²) >= 11 is 0. The standard InChI is InChI=1S/C10H12F2N2O3/c1-3-17-10(15)5-4-6(8(11)12)14-9(16-2)7(5)13/h4,8H,3,13H2,1-2H3. The zero-order valence-corrected chi connectivity index (χ0v) is 9.37. The molecule has 0 aliphatic rings. The second-order valence-electron chi connectivity index (χ2n) is 3.04. The van der Waals surface area contributed by atoms with Crippen molar-refractivity contribution < 1.29 is 23.0 Å². The SMILES string of the molecule is CCOC(=O)c1cc(C(F)F)nc(OC)c1N. The lowest BCUT2D eigenvalue weighted by molar-refractivity contribution is 0.0526. The van der Waals surface area contributed by atoms with Crippen LogP contribution in [0.4, 0.5) is 14.5 Å². The van der Waals surface area contributed by atoms with Crippen LogP contribution >= 0.6 is 0 Å². The van der Waals surface area contributed by atoms with Crippen molar-refractivity contribution in [3.8, 4) is 5.88 Å². The Kier molecular flexibility index (Phi) is 4.19. The van der Waals surface area contributed by atoms with E-state index in [0.717, 1.165) is 6.07 Å². The molecule has 0 saturated carbocycles. The van der Waals surface area contributed by atoms with Crippen LogP contribution in [-0.4, -0.2) is 24.7 Å². The molecule has 0 aliphatic heterocycles. The van der Waals surface area contributed by atoms with Crippen LogP contribution in [0.15, 0.2) is 6.07 Å². The first kappa shape index (κ1) is 13.1. The molecule has 0 fully saturated rings. The average molecular weight is 246 g/mol. The fourth-order valence-electron chi connectivity index (χ4n) is 1.20. The van der Waals surface area contributed by atoms with Gasteiger partial charge in [0.15, 0.2) is 0 Å². The van der Waals surface area contributed by atoms with Gasteiger partial charge in [0.05, 0.1) is 19.3 Å².